The van der Waals surface area contributed by atoms with Gasteiger partial charge < -0.3 is 4.90 Å². The van der Waals surface area contributed by atoms with Gasteiger partial charge in [0.05, 0.1) is 5.56 Å². The van der Waals surface area contributed by atoms with Crippen molar-refractivity contribution in [3.05, 3.63) is 35.1 Å². The molecule has 0 radical (unpaired) electrons. The quantitative estimate of drug-likeness (QED) is 0.795. The van der Waals surface area contributed by atoms with Crippen molar-refractivity contribution in [2.24, 2.45) is 5.41 Å². The van der Waals surface area contributed by atoms with Crippen LogP contribution >= 0.6 is 0 Å². The second-order valence-corrected chi connectivity index (χ2v) is 5.94. The van der Waals surface area contributed by atoms with Crippen molar-refractivity contribution in [3.8, 4) is 0 Å². The highest BCUT2D eigenvalue weighted by atomic mass is 19.1. The molecule has 104 valence electrons. The Morgan fingerprint density at radius 3 is 2.53 bits per heavy atom. The minimum absolute atomic E-state index is 0.171. The van der Waals surface area contributed by atoms with Crippen molar-refractivity contribution >= 4 is 5.91 Å². The van der Waals surface area contributed by atoms with Crippen LogP contribution in [-0.4, -0.2) is 23.9 Å². The minimum Gasteiger partial charge on any atom is -0.339 e. The number of carbonyl (C=O) groups excluding carboxylic acids is 1. The molecule has 1 heterocycles. The van der Waals surface area contributed by atoms with E-state index in [4.69, 9.17) is 0 Å². The molecule has 1 aromatic rings. The lowest BCUT2D eigenvalue weighted by molar-refractivity contribution is 0.0596. The van der Waals surface area contributed by atoms with Gasteiger partial charge in [-0.1, -0.05) is 26.3 Å². The zero-order valence-corrected chi connectivity index (χ0v) is 12.0. The molecule has 1 aliphatic heterocycles. The molecule has 1 aromatic carbocycles. The third-order valence-electron chi connectivity index (χ3n) is 4.47. The molecule has 0 saturated carbocycles. The molecule has 0 atom stereocenters. The molecule has 1 aliphatic rings. The lowest BCUT2D eigenvalue weighted by atomic mass is 9.78. The molecule has 0 N–H and O–H groups in total. The average Bonchev–Trinajstić information content (AvgIpc) is 2.39. The van der Waals surface area contributed by atoms with E-state index < -0.39 is 5.82 Å². The lowest BCUT2D eigenvalue weighted by Crippen LogP contribution is -2.42. The normalized spacial score (nSPS) is 18.4. The second kappa shape index (κ2) is 5.32. The Bertz CT molecular complexity index is 476. The maximum absolute atomic E-state index is 13.8. The largest absolute Gasteiger partial charge is 0.339 e. The number of amides is 1. The molecule has 0 spiro atoms. The van der Waals surface area contributed by atoms with Gasteiger partial charge in [-0.3, -0.25) is 4.79 Å². The smallest absolute Gasteiger partial charge is 0.256 e. The zero-order chi connectivity index (χ0) is 14.0. The van der Waals surface area contributed by atoms with Crippen molar-refractivity contribution < 1.29 is 9.18 Å². The van der Waals surface area contributed by atoms with Crippen molar-refractivity contribution in [3.63, 3.8) is 0 Å². The van der Waals surface area contributed by atoms with Gasteiger partial charge in [-0.25, -0.2) is 4.39 Å². The standard InChI is InChI=1S/C16H22FNO/c1-4-16(3)7-9-18(10-8-16)15(19)13-6-5-12(2)11-14(13)17/h5-6,11H,4,7-10H2,1-3H3. The van der Waals surface area contributed by atoms with Gasteiger partial charge in [-0.2, -0.15) is 0 Å². The van der Waals surface area contributed by atoms with Crippen molar-refractivity contribution in [1.29, 1.82) is 0 Å². The highest BCUT2D eigenvalue weighted by molar-refractivity contribution is 5.94. The summed E-state index contributed by atoms with van der Waals surface area (Å²) in [7, 11) is 0. The lowest BCUT2D eigenvalue weighted by Gasteiger charge is -2.39. The van der Waals surface area contributed by atoms with Crippen LogP contribution in [0.4, 0.5) is 4.39 Å². The van der Waals surface area contributed by atoms with Crippen LogP contribution in [0.15, 0.2) is 18.2 Å². The number of halogens is 1. The van der Waals surface area contributed by atoms with Crippen LogP contribution in [0.2, 0.25) is 0 Å². The Labute approximate surface area is 114 Å². The van der Waals surface area contributed by atoms with E-state index in [9.17, 15) is 9.18 Å². The minimum atomic E-state index is -0.408. The van der Waals surface area contributed by atoms with Crippen molar-refractivity contribution in [1.82, 2.24) is 4.90 Å². The zero-order valence-electron chi connectivity index (χ0n) is 12.0. The molecule has 1 saturated heterocycles. The van der Waals surface area contributed by atoms with E-state index in [1.807, 2.05) is 6.92 Å². The van der Waals surface area contributed by atoms with Gasteiger partial charge in [0.25, 0.3) is 5.91 Å². The third-order valence-corrected chi connectivity index (χ3v) is 4.47. The fraction of sp³-hybridized carbons (Fsp3) is 0.562. The van der Waals surface area contributed by atoms with Crippen LogP contribution in [0.25, 0.3) is 0 Å². The first kappa shape index (κ1) is 14.0. The molecule has 1 amide bonds. The van der Waals surface area contributed by atoms with Crippen LogP contribution in [0.1, 0.15) is 49.0 Å². The Balaban J connectivity index is 2.09. The van der Waals surface area contributed by atoms with E-state index in [-0.39, 0.29) is 11.5 Å². The summed E-state index contributed by atoms with van der Waals surface area (Å²) < 4.78 is 13.8. The van der Waals surface area contributed by atoms with Gasteiger partial charge in [0.2, 0.25) is 0 Å². The fourth-order valence-electron chi connectivity index (χ4n) is 2.57. The molecule has 0 aromatic heterocycles. The van der Waals surface area contributed by atoms with Gasteiger partial charge in [-0.05, 0) is 42.9 Å². The molecule has 3 heteroatoms. The number of benzene rings is 1. The number of piperidine rings is 1. The number of likely N-dealkylation sites (tertiary alicyclic amines) is 1. The van der Waals surface area contributed by atoms with E-state index >= 15 is 0 Å². The summed E-state index contributed by atoms with van der Waals surface area (Å²) in [6.07, 6.45) is 3.14. The van der Waals surface area contributed by atoms with Gasteiger partial charge in [0.1, 0.15) is 5.82 Å². The van der Waals surface area contributed by atoms with E-state index in [1.165, 1.54) is 6.07 Å². The van der Waals surface area contributed by atoms with Crippen LogP contribution in [0.3, 0.4) is 0 Å². The monoisotopic (exact) mass is 263 g/mol. The van der Waals surface area contributed by atoms with Crippen LogP contribution < -0.4 is 0 Å². The molecule has 1 fully saturated rings. The number of nitrogens with zero attached hydrogens (tertiary/aromatic N) is 1. The highest BCUT2D eigenvalue weighted by Crippen LogP contribution is 2.34. The van der Waals surface area contributed by atoms with Crippen LogP contribution in [0, 0.1) is 18.2 Å². The Morgan fingerprint density at radius 1 is 1.37 bits per heavy atom. The first-order valence-electron chi connectivity index (χ1n) is 7.00. The van der Waals surface area contributed by atoms with Gasteiger partial charge in [-0.15, -0.1) is 0 Å². The molecular formula is C16H22FNO. The Hall–Kier alpha value is -1.38. The Kier molecular flexibility index (Phi) is 3.93. The van der Waals surface area contributed by atoms with Gasteiger partial charge in [0.15, 0.2) is 0 Å². The van der Waals surface area contributed by atoms with Crippen molar-refractivity contribution in [2.75, 3.05) is 13.1 Å². The third kappa shape index (κ3) is 2.96. The number of rotatable bonds is 2. The van der Waals surface area contributed by atoms with Crippen LogP contribution in [0.5, 0.6) is 0 Å². The van der Waals surface area contributed by atoms with Crippen molar-refractivity contribution in [2.45, 2.75) is 40.0 Å². The van der Waals surface area contributed by atoms with Gasteiger partial charge in [0, 0.05) is 13.1 Å². The SMILES string of the molecule is CCC1(C)CCN(C(=O)c2ccc(C)cc2F)CC1. The summed E-state index contributed by atoms with van der Waals surface area (Å²) in [6, 6.07) is 4.81. The summed E-state index contributed by atoms with van der Waals surface area (Å²) >= 11 is 0. The predicted octanol–water partition coefficient (Wildman–Crippen LogP) is 3.79. The first-order chi connectivity index (χ1) is 8.95. The van der Waals surface area contributed by atoms with E-state index in [2.05, 4.69) is 13.8 Å². The number of hydrogen-bond donors (Lipinski definition) is 0. The van der Waals surface area contributed by atoms with E-state index in [0.717, 1.165) is 37.9 Å². The molecule has 0 unspecified atom stereocenters. The number of aryl methyl sites for hydroxylation is 1. The van der Waals surface area contributed by atoms with E-state index in [1.54, 1.807) is 17.0 Å². The molecule has 0 bridgehead atoms. The summed E-state index contributed by atoms with van der Waals surface area (Å²) in [6.45, 7) is 7.75. The average molecular weight is 263 g/mol. The number of carbonyl (C=O) groups is 1. The first-order valence-corrected chi connectivity index (χ1v) is 7.00. The maximum atomic E-state index is 13.8. The molecule has 2 nitrogen and oxygen atoms in total. The summed E-state index contributed by atoms with van der Waals surface area (Å²) in [4.78, 5) is 14.1. The number of hydrogen-bond acceptors (Lipinski definition) is 1. The second-order valence-electron chi connectivity index (χ2n) is 5.94. The summed E-state index contributed by atoms with van der Waals surface area (Å²) in [5.74, 6) is -0.579. The molecular weight excluding hydrogens is 241 g/mol. The summed E-state index contributed by atoms with van der Waals surface area (Å²) in [5.41, 5.74) is 1.37. The van der Waals surface area contributed by atoms with Gasteiger partial charge >= 0.3 is 0 Å². The maximum Gasteiger partial charge on any atom is 0.256 e. The highest BCUT2D eigenvalue weighted by Gasteiger charge is 2.31. The van der Waals surface area contributed by atoms with E-state index in [0.29, 0.717) is 5.41 Å². The fourth-order valence-corrected chi connectivity index (χ4v) is 2.57. The molecule has 2 rings (SSSR count). The predicted molar refractivity (Wildman–Crippen MR) is 74.7 cm³/mol. The summed E-state index contributed by atoms with van der Waals surface area (Å²) in [5, 5.41) is 0. The van der Waals surface area contributed by atoms with Crippen LogP contribution in [-0.2, 0) is 0 Å². The Morgan fingerprint density at radius 2 is 2.00 bits per heavy atom. The molecule has 0 aliphatic carbocycles. The topological polar surface area (TPSA) is 20.3 Å². The molecule has 19 heavy (non-hydrogen) atoms.